The second-order valence-electron chi connectivity index (χ2n) is 4.51. The predicted octanol–water partition coefficient (Wildman–Crippen LogP) is 2.43. The minimum atomic E-state index is 0.485. The highest BCUT2D eigenvalue weighted by molar-refractivity contribution is 5.61. The van der Waals surface area contributed by atoms with Crippen LogP contribution in [0.5, 0.6) is 0 Å². The van der Waals surface area contributed by atoms with Crippen molar-refractivity contribution < 1.29 is 0 Å². The highest BCUT2D eigenvalue weighted by Gasteiger charge is 2.02. The molecule has 0 aliphatic rings. The van der Waals surface area contributed by atoms with Crippen LogP contribution in [0.4, 0.5) is 23.0 Å². The van der Waals surface area contributed by atoms with Crippen LogP contribution in [0.15, 0.2) is 30.3 Å². The van der Waals surface area contributed by atoms with Crippen LogP contribution in [0, 0.1) is 0 Å². The van der Waals surface area contributed by atoms with Crippen LogP contribution in [0.2, 0.25) is 0 Å². The molecular weight excluding hydrogens is 238 g/mol. The Bertz CT molecular complexity index is 548. The number of nitrogen functional groups attached to an aromatic ring is 1. The fraction of sp³-hybridized carbons (Fsp3) is 0.286. The number of aryl methyl sites for hydroxylation is 1. The van der Waals surface area contributed by atoms with Crippen molar-refractivity contribution in [2.24, 2.45) is 0 Å². The highest BCUT2D eigenvalue weighted by atomic mass is 15.1. The van der Waals surface area contributed by atoms with Crippen molar-refractivity contribution in [3.05, 3.63) is 36.2 Å². The second-order valence-corrected chi connectivity index (χ2v) is 4.51. The Balaban J connectivity index is 2.18. The number of aromatic nitrogens is 2. The van der Waals surface area contributed by atoms with Crippen LogP contribution in [-0.4, -0.2) is 24.1 Å². The molecule has 2 aromatic rings. The molecule has 0 saturated heterocycles. The van der Waals surface area contributed by atoms with E-state index in [1.165, 1.54) is 0 Å². The van der Waals surface area contributed by atoms with Gasteiger partial charge in [0.2, 0.25) is 0 Å². The number of benzene rings is 1. The number of anilines is 4. The van der Waals surface area contributed by atoms with Gasteiger partial charge in [-0.1, -0.05) is 6.92 Å². The van der Waals surface area contributed by atoms with Crippen LogP contribution in [-0.2, 0) is 6.42 Å². The third-order valence-electron chi connectivity index (χ3n) is 2.76. The molecule has 0 aliphatic heterocycles. The Labute approximate surface area is 113 Å². The zero-order chi connectivity index (χ0) is 13.8. The number of nitrogens with zero attached hydrogens (tertiary/aromatic N) is 3. The Morgan fingerprint density at radius 3 is 2.42 bits per heavy atom. The van der Waals surface area contributed by atoms with Crippen LogP contribution >= 0.6 is 0 Å². The molecule has 0 saturated carbocycles. The second kappa shape index (κ2) is 5.56. The maximum Gasteiger partial charge on any atom is 0.136 e. The topological polar surface area (TPSA) is 67.1 Å². The maximum atomic E-state index is 5.75. The zero-order valence-corrected chi connectivity index (χ0v) is 11.5. The quantitative estimate of drug-likeness (QED) is 0.880. The van der Waals surface area contributed by atoms with E-state index in [0.29, 0.717) is 5.82 Å². The van der Waals surface area contributed by atoms with Crippen LogP contribution in [0.25, 0.3) is 0 Å². The van der Waals surface area contributed by atoms with E-state index >= 15 is 0 Å². The molecule has 0 radical (unpaired) electrons. The van der Waals surface area contributed by atoms with E-state index < -0.39 is 0 Å². The predicted molar refractivity (Wildman–Crippen MR) is 79.9 cm³/mol. The lowest BCUT2D eigenvalue weighted by Gasteiger charge is -2.13. The molecule has 1 aromatic carbocycles. The maximum absolute atomic E-state index is 5.75. The van der Waals surface area contributed by atoms with Gasteiger partial charge in [-0.05, 0) is 24.3 Å². The first-order valence-electron chi connectivity index (χ1n) is 6.26. The van der Waals surface area contributed by atoms with E-state index in [0.717, 1.165) is 29.4 Å². The molecule has 5 heteroatoms. The smallest absolute Gasteiger partial charge is 0.136 e. The van der Waals surface area contributed by atoms with E-state index in [9.17, 15) is 0 Å². The van der Waals surface area contributed by atoms with Crippen molar-refractivity contribution in [2.75, 3.05) is 30.0 Å². The van der Waals surface area contributed by atoms with Crippen molar-refractivity contribution >= 4 is 23.0 Å². The van der Waals surface area contributed by atoms with Gasteiger partial charge >= 0.3 is 0 Å². The van der Waals surface area contributed by atoms with Crippen molar-refractivity contribution in [3.8, 4) is 0 Å². The van der Waals surface area contributed by atoms with Crippen LogP contribution in [0.1, 0.15) is 12.7 Å². The molecule has 2 rings (SSSR count). The van der Waals surface area contributed by atoms with Gasteiger partial charge in [-0.3, -0.25) is 0 Å². The SMILES string of the molecule is CCc1nc(N)cc(Nc2ccc(N(C)C)cc2)n1. The summed E-state index contributed by atoms with van der Waals surface area (Å²) in [5.41, 5.74) is 7.89. The van der Waals surface area contributed by atoms with Gasteiger partial charge in [0.05, 0.1) is 0 Å². The lowest BCUT2D eigenvalue weighted by atomic mass is 10.2. The van der Waals surface area contributed by atoms with E-state index in [-0.39, 0.29) is 0 Å². The van der Waals surface area contributed by atoms with Gasteiger partial charge in [-0.25, -0.2) is 9.97 Å². The molecule has 100 valence electrons. The molecule has 0 atom stereocenters. The lowest BCUT2D eigenvalue weighted by molar-refractivity contribution is 0.948. The first kappa shape index (κ1) is 13.1. The number of hydrogen-bond donors (Lipinski definition) is 2. The Hall–Kier alpha value is -2.30. The van der Waals surface area contributed by atoms with Gasteiger partial charge in [-0.15, -0.1) is 0 Å². The van der Waals surface area contributed by atoms with E-state index in [2.05, 4.69) is 20.2 Å². The molecule has 5 nitrogen and oxygen atoms in total. The lowest BCUT2D eigenvalue weighted by Crippen LogP contribution is -2.08. The van der Waals surface area contributed by atoms with Crippen molar-refractivity contribution in [1.29, 1.82) is 0 Å². The minimum Gasteiger partial charge on any atom is -0.384 e. The molecule has 19 heavy (non-hydrogen) atoms. The largest absolute Gasteiger partial charge is 0.384 e. The fourth-order valence-electron chi connectivity index (χ4n) is 1.73. The summed E-state index contributed by atoms with van der Waals surface area (Å²) in [6.45, 7) is 2.00. The van der Waals surface area contributed by atoms with E-state index in [1.807, 2.05) is 45.3 Å². The van der Waals surface area contributed by atoms with Gasteiger partial charge in [0.1, 0.15) is 17.5 Å². The Morgan fingerprint density at radius 2 is 1.84 bits per heavy atom. The van der Waals surface area contributed by atoms with Gasteiger partial charge < -0.3 is 16.0 Å². The van der Waals surface area contributed by atoms with Gasteiger partial charge in [0, 0.05) is 38.0 Å². The normalized spacial score (nSPS) is 10.3. The van der Waals surface area contributed by atoms with Gasteiger partial charge in [0.25, 0.3) is 0 Å². The number of hydrogen-bond acceptors (Lipinski definition) is 5. The molecule has 0 unspecified atom stereocenters. The molecule has 0 fully saturated rings. The van der Waals surface area contributed by atoms with Gasteiger partial charge in [-0.2, -0.15) is 0 Å². The minimum absolute atomic E-state index is 0.485. The standard InChI is InChI=1S/C14H19N5/c1-4-13-17-12(15)9-14(18-13)16-10-5-7-11(8-6-10)19(2)3/h5-9H,4H2,1-3H3,(H3,15,16,17,18). The third kappa shape index (κ3) is 3.34. The molecular formula is C14H19N5. The number of rotatable bonds is 4. The summed E-state index contributed by atoms with van der Waals surface area (Å²) in [5, 5.41) is 3.24. The van der Waals surface area contributed by atoms with Crippen LogP contribution in [0.3, 0.4) is 0 Å². The summed E-state index contributed by atoms with van der Waals surface area (Å²) in [7, 11) is 4.03. The summed E-state index contributed by atoms with van der Waals surface area (Å²) in [6, 6.07) is 9.86. The summed E-state index contributed by atoms with van der Waals surface area (Å²) in [4.78, 5) is 10.6. The highest BCUT2D eigenvalue weighted by Crippen LogP contribution is 2.19. The number of nitrogens with one attached hydrogen (secondary N) is 1. The average Bonchev–Trinajstić information content (AvgIpc) is 2.38. The first-order chi connectivity index (χ1) is 9.08. The van der Waals surface area contributed by atoms with Crippen molar-refractivity contribution in [3.63, 3.8) is 0 Å². The Kier molecular flexibility index (Phi) is 3.85. The molecule has 0 spiro atoms. The average molecular weight is 257 g/mol. The molecule has 0 bridgehead atoms. The Morgan fingerprint density at radius 1 is 1.16 bits per heavy atom. The van der Waals surface area contributed by atoms with Crippen LogP contribution < -0.4 is 16.0 Å². The summed E-state index contributed by atoms with van der Waals surface area (Å²) in [5.74, 6) is 1.95. The van der Waals surface area contributed by atoms with Crippen molar-refractivity contribution in [2.45, 2.75) is 13.3 Å². The summed E-state index contributed by atoms with van der Waals surface area (Å²) in [6.07, 6.45) is 0.763. The molecule has 3 N–H and O–H groups in total. The molecule has 1 heterocycles. The summed E-state index contributed by atoms with van der Waals surface area (Å²) < 4.78 is 0. The van der Waals surface area contributed by atoms with Crippen molar-refractivity contribution in [1.82, 2.24) is 9.97 Å². The molecule has 0 aliphatic carbocycles. The molecule has 1 aromatic heterocycles. The fourth-order valence-corrected chi connectivity index (χ4v) is 1.73. The first-order valence-corrected chi connectivity index (χ1v) is 6.26. The van der Waals surface area contributed by atoms with E-state index in [4.69, 9.17) is 5.73 Å². The monoisotopic (exact) mass is 257 g/mol. The number of nitrogens with two attached hydrogens (primary N) is 1. The third-order valence-corrected chi connectivity index (χ3v) is 2.76. The van der Waals surface area contributed by atoms with Gasteiger partial charge in [0.15, 0.2) is 0 Å². The molecule has 0 amide bonds. The summed E-state index contributed by atoms with van der Waals surface area (Å²) >= 11 is 0. The van der Waals surface area contributed by atoms with E-state index in [1.54, 1.807) is 6.07 Å². The zero-order valence-electron chi connectivity index (χ0n) is 11.5.